The van der Waals surface area contributed by atoms with Crippen LogP contribution >= 0.6 is 0 Å². The predicted molar refractivity (Wildman–Crippen MR) is 171 cm³/mol. The number of amides is 2. The van der Waals surface area contributed by atoms with Crippen molar-refractivity contribution in [3.05, 3.63) is 64.7 Å². The molecule has 1 fully saturated rings. The van der Waals surface area contributed by atoms with Gasteiger partial charge < -0.3 is 30.5 Å². The molecule has 1 saturated heterocycles. The summed E-state index contributed by atoms with van der Waals surface area (Å²) in [7, 11) is 0. The van der Waals surface area contributed by atoms with E-state index in [4.69, 9.17) is 4.74 Å². The van der Waals surface area contributed by atoms with Crippen molar-refractivity contribution in [2.45, 2.75) is 59.1 Å². The van der Waals surface area contributed by atoms with Gasteiger partial charge in [-0.25, -0.2) is 4.79 Å². The predicted octanol–water partition coefficient (Wildman–Crippen LogP) is 3.94. The van der Waals surface area contributed by atoms with Gasteiger partial charge in [0.05, 0.1) is 5.56 Å². The number of nitrogens with zero attached hydrogens (tertiary/aromatic N) is 2. The molecule has 0 aromatic heterocycles. The van der Waals surface area contributed by atoms with Crippen molar-refractivity contribution in [3.8, 4) is 0 Å². The van der Waals surface area contributed by atoms with Crippen molar-refractivity contribution in [2.75, 3.05) is 57.7 Å². The first-order chi connectivity index (χ1) is 20.9. The van der Waals surface area contributed by atoms with Gasteiger partial charge in [-0.3, -0.25) is 14.4 Å². The van der Waals surface area contributed by atoms with Crippen LogP contribution in [0.3, 0.4) is 0 Å². The van der Waals surface area contributed by atoms with Crippen molar-refractivity contribution in [1.82, 2.24) is 20.4 Å². The number of ether oxygens (including phenoxy) is 1. The van der Waals surface area contributed by atoms with Crippen LogP contribution in [-0.4, -0.2) is 97.4 Å². The van der Waals surface area contributed by atoms with E-state index in [1.807, 2.05) is 26.0 Å². The van der Waals surface area contributed by atoms with Crippen LogP contribution in [0.25, 0.3) is 0 Å². The number of piperazine rings is 1. The molecule has 0 spiro atoms. The highest BCUT2D eigenvalue weighted by Gasteiger charge is 2.31. The lowest BCUT2D eigenvalue weighted by atomic mass is 9.83. The lowest BCUT2D eigenvalue weighted by Gasteiger charge is -2.34. The number of nitrogens with one attached hydrogen (secondary N) is 3. The fourth-order valence-corrected chi connectivity index (χ4v) is 5.65. The number of benzene rings is 2. The zero-order valence-electron chi connectivity index (χ0n) is 26.7. The van der Waals surface area contributed by atoms with Crippen LogP contribution in [0.2, 0.25) is 0 Å². The Hall–Kier alpha value is -3.76. The molecule has 10 nitrogen and oxygen atoms in total. The molecular formula is C34H47N5O5. The van der Waals surface area contributed by atoms with Crippen molar-refractivity contribution >= 4 is 29.3 Å². The van der Waals surface area contributed by atoms with Gasteiger partial charge in [0.1, 0.15) is 11.6 Å². The van der Waals surface area contributed by atoms with E-state index in [9.17, 15) is 19.2 Å². The van der Waals surface area contributed by atoms with Crippen LogP contribution in [0.1, 0.15) is 79.3 Å². The summed E-state index contributed by atoms with van der Waals surface area (Å²) in [4.78, 5) is 55.9. The van der Waals surface area contributed by atoms with Crippen LogP contribution in [0.5, 0.6) is 0 Å². The minimum atomic E-state index is -0.644. The Balaban J connectivity index is 1.13. The standard InChI is InChI=1S/C34H47N5O5/c1-23(2)29(37-33(43)44-34(3,4)5)32(42)36-16-10-18-39-21-19-38(20-22-39)17-9-15-35-27-14-8-13-26-28(27)31(41)25-12-7-6-11-24(25)30(26)40/h6-8,11-14,23,29,35H,9-10,15-22H2,1-5H3,(H,36,42)(H,37,43)/t29-/m0/s1. The molecule has 2 amide bonds. The van der Waals surface area contributed by atoms with E-state index in [1.54, 1.807) is 51.1 Å². The smallest absolute Gasteiger partial charge is 0.408 e. The average molecular weight is 606 g/mol. The quantitative estimate of drug-likeness (QED) is 0.266. The second kappa shape index (κ2) is 14.8. The molecule has 0 unspecified atom stereocenters. The van der Waals surface area contributed by atoms with E-state index in [0.29, 0.717) is 41.0 Å². The zero-order chi connectivity index (χ0) is 31.9. The monoisotopic (exact) mass is 605 g/mol. The van der Waals surface area contributed by atoms with Gasteiger partial charge in [-0.05, 0) is 58.7 Å². The minimum absolute atomic E-state index is 0.0620. The molecule has 44 heavy (non-hydrogen) atoms. The van der Waals surface area contributed by atoms with Gasteiger partial charge >= 0.3 is 6.09 Å². The Bertz CT molecular complexity index is 1340. The number of fused-ring (bicyclic) bond motifs is 2. The van der Waals surface area contributed by atoms with Crippen molar-refractivity contribution in [1.29, 1.82) is 0 Å². The Kier molecular flexibility index (Phi) is 11.2. The molecule has 0 bridgehead atoms. The highest BCUT2D eigenvalue weighted by molar-refractivity contribution is 6.30. The number of anilines is 1. The van der Waals surface area contributed by atoms with Gasteiger partial charge in [0.15, 0.2) is 11.6 Å². The third kappa shape index (κ3) is 8.66. The second-order valence-corrected chi connectivity index (χ2v) is 12.9. The van der Waals surface area contributed by atoms with Crippen LogP contribution in [0.4, 0.5) is 10.5 Å². The molecule has 4 rings (SSSR count). The van der Waals surface area contributed by atoms with Gasteiger partial charge in [0, 0.05) is 61.6 Å². The van der Waals surface area contributed by atoms with Gasteiger partial charge in [-0.2, -0.15) is 0 Å². The number of hydrogen-bond donors (Lipinski definition) is 3. The van der Waals surface area contributed by atoms with Crippen molar-refractivity contribution < 1.29 is 23.9 Å². The summed E-state index contributed by atoms with van der Waals surface area (Å²) in [6, 6.07) is 11.8. The molecule has 1 aliphatic heterocycles. The topological polar surface area (TPSA) is 120 Å². The summed E-state index contributed by atoms with van der Waals surface area (Å²) in [5.41, 5.74) is 1.97. The normalized spacial score (nSPS) is 16.2. The van der Waals surface area contributed by atoms with Crippen LogP contribution in [0.15, 0.2) is 42.5 Å². The van der Waals surface area contributed by atoms with E-state index in [1.165, 1.54) is 0 Å². The SMILES string of the molecule is CC(C)[C@H](NC(=O)OC(C)(C)C)C(=O)NCCCN1CCN(CCCNc2cccc3c2C(=O)c2ccccc2C3=O)CC1. The molecule has 2 aromatic rings. The Morgan fingerprint density at radius 2 is 1.39 bits per heavy atom. The largest absolute Gasteiger partial charge is 0.444 e. The summed E-state index contributed by atoms with van der Waals surface area (Å²) in [5.74, 6) is -0.464. The molecule has 3 N–H and O–H groups in total. The molecule has 1 aliphatic carbocycles. The van der Waals surface area contributed by atoms with Gasteiger partial charge in [0.2, 0.25) is 5.91 Å². The van der Waals surface area contributed by atoms with Gasteiger partial charge in [0.25, 0.3) is 0 Å². The second-order valence-electron chi connectivity index (χ2n) is 12.9. The fourth-order valence-electron chi connectivity index (χ4n) is 5.65. The summed E-state index contributed by atoms with van der Waals surface area (Å²) in [6.45, 7) is 16.2. The lowest BCUT2D eigenvalue weighted by Crippen LogP contribution is -2.51. The van der Waals surface area contributed by atoms with Crippen molar-refractivity contribution in [3.63, 3.8) is 0 Å². The van der Waals surface area contributed by atoms with Gasteiger partial charge in [-0.15, -0.1) is 0 Å². The zero-order valence-corrected chi connectivity index (χ0v) is 26.7. The third-order valence-corrected chi connectivity index (χ3v) is 7.96. The highest BCUT2D eigenvalue weighted by Crippen LogP contribution is 2.31. The molecule has 1 atom stereocenters. The van der Waals surface area contributed by atoms with Crippen LogP contribution < -0.4 is 16.0 Å². The Labute approximate surface area is 260 Å². The van der Waals surface area contributed by atoms with E-state index >= 15 is 0 Å². The van der Waals surface area contributed by atoms with Crippen molar-refractivity contribution in [2.24, 2.45) is 5.92 Å². The third-order valence-electron chi connectivity index (χ3n) is 7.96. The lowest BCUT2D eigenvalue weighted by molar-refractivity contribution is -0.124. The minimum Gasteiger partial charge on any atom is -0.444 e. The number of ketones is 2. The van der Waals surface area contributed by atoms with E-state index in [2.05, 4.69) is 25.8 Å². The maximum absolute atomic E-state index is 13.2. The maximum Gasteiger partial charge on any atom is 0.408 e. The molecule has 0 radical (unpaired) electrons. The average Bonchev–Trinajstić information content (AvgIpc) is 2.98. The maximum atomic E-state index is 13.2. The summed E-state index contributed by atoms with van der Waals surface area (Å²) in [5, 5.41) is 9.07. The number of alkyl carbamates (subject to hydrolysis) is 1. The molecule has 0 saturated carbocycles. The van der Waals surface area contributed by atoms with Crippen LogP contribution in [0, 0.1) is 5.92 Å². The molecular weight excluding hydrogens is 558 g/mol. The molecule has 2 aromatic carbocycles. The first-order valence-corrected chi connectivity index (χ1v) is 15.7. The van der Waals surface area contributed by atoms with E-state index in [0.717, 1.165) is 52.1 Å². The number of hydrogen-bond acceptors (Lipinski definition) is 8. The Morgan fingerprint density at radius 1 is 0.818 bits per heavy atom. The van der Waals surface area contributed by atoms with Gasteiger partial charge in [-0.1, -0.05) is 50.2 Å². The Morgan fingerprint density at radius 3 is 1.98 bits per heavy atom. The number of carbonyl (C=O) groups is 4. The first kappa shape index (κ1) is 33.1. The van der Waals surface area contributed by atoms with Crippen LogP contribution in [-0.2, 0) is 9.53 Å². The summed E-state index contributed by atoms with van der Waals surface area (Å²) >= 11 is 0. The fraction of sp³-hybridized carbons (Fsp3) is 0.529. The number of rotatable bonds is 12. The molecule has 1 heterocycles. The molecule has 238 valence electrons. The highest BCUT2D eigenvalue weighted by atomic mass is 16.6. The molecule has 10 heteroatoms. The molecule has 2 aliphatic rings. The van der Waals surface area contributed by atoms with E-state index in [-0.39, 0.29) is 23.4 Å². The number of carbonyl (C=O) groups excluding carboxylic acids is 4. The summed E-state index contributed by atoms with van der Waals surface area (Å²) in [6.07, 6.45) is 1.17. The van der Waals surface area contributed by atoms with E-state index < -0.39 is 17.7 Å². The first-order valence-electron chi connectivity index (χ1n) is 15.7. The summed E-state index contributed by atoms with van der Waals surface area (Å²) < 4.78 is 5.30.